The Morgan fingerprint density at radius 2 is 1.41 bits per heavy atom. The maximum atomic E-state index is 12.4. The predicted molar refractivity (Wildman–Crippen MR) is 172 cm³/mol. The quantitative estimate of drug-likeness (QED) is 0.0771. The van der Waals surface area contributed by atoms with Gasteiger partial charge in [-0.3, -0.25) is 4.79 Å². The Bertz CT molecular complexity index is 620. The number of carbonyl (C=O) groups excluding carboxylic acids is 1. The third kappa shape index (κ3) is 19.3. The molecule has 6 nitrogen and oxygen atoms in total. The minimum absolute atomic E-state index is 0.0272. The van der Waals surface area contributed by atoms with Crippen molar-refractivity contribution in [2.75, 3.05) is 19.8 Å². The van der Waals surface area contributed by atoms with Crippen molar-refractivity contribution in [2.45, 2.75) is 186 Å². The first-order valence-electron chi connectivity index (χ1n) is 17.3. The van der Waals surface area contributed by atoms with E-state index in [1.165, 1.54) is 70.6 Å². The van der Waals surface area contributed by atoms with Crippen LogP contribution < -0.4 is 5.32 Å². The van der Waals surface area contributed by atoms with Crippen LogP contribution in [0.5, 0.6) is 0 Å². The van der Waals surface area contributed by atoms with Gasteiger partial charge in [-0.05, 0) is 65.6 Å². The summed E-state index contributed by atoms with van der Waals surface area (Å²) in [6.07, 6.45) is 20.9. The van der Waals surface area contributed by atoms with Crippen LogP contribution in [0.4, 0.5) is 0 Å². The molecule has 0 aromatic heterocycles. The van der Waals surface area contributed by atoms with Crippen molar-refractivity contribution in [3.05, 3.63) is 0 Å². The van der Waals surface area contributed by atoms with Crippen LogP contribution in [0.3, 0.4) is 0 Å². The summed E-state index contributed by atoms with van der Waals surface area (Å²) in [6.45, 7) is 11.7. The molecule has 0 aliphatic heterocycles. The van der Waals surface area contributed by atoms with E-state index in [0.29, 0.717) is 19.6 Å². The molecule has 2 N–H and O–H groups in total. The minimum atomic E-state index is -0.187. The summed E-state index contributed by atoms with van der Waals surface area (Å²) in [5.41, 5.74) is 0. The lowest BCUT2D eigenvalue weighted by Crippen LogP contribution is -2.37. The fourth-order valence-corrected chi connectivity index (χ4v) is 5.85. The van der Waals surface area contributed by atoms with Gasteiger partial charge in [0.25, 0.3) is 0 Å². The van der Waals surface area contributed by atoms with Crippen LogP contribution in [-0.2, 0) is 19.0 Å². The van der Waals surface area contributed by atoms with Crippen molar-refractivity contribution in [2.24, 2.45) is 5.92 Å². The Morgan fingerprint density at radius 1 is 0.829 bits per heavy atom. The predicted octanol–water partition coefficient (Wildman–Crippen LogP) is 7.70. The van der Waals surface area contributed by atoms with Crippen LogP contribution in [0.15, 0.2) is 0 Å². The molecule has 5 atom stereocenters. The van der Waals surface area contributed by atoms with Crippen LogP contribution in [0.2, 0.25) is 5.82 Å². The lowest BCUT2D eigenvalue weighted by molar-refractivity contribution is -0.122. The Kier molecular flexibility index (Phi) is 23.2. The van der Waals surface area contributed by atoms with Gasteiger partial charge in [0.05, 0.1) is 51.5 Å². The standard InChI is InChI=1S/C34H66BNO5/c1-6-7-8-9-10-11-12-13-14-15-16-17-18-22-32(38)36-30(25-37)21-19-20-23-39-34-31(35)24-29(26-40-27(2)3)33(34)41-28(4)5/h27-31,33-34,37H,6-26H2,1-5H3,(H,36,38)/t29-,30?,31-,33?,34-/m1/s1. The number of hydrogen-bond acceptors (Lipinski definition) is 5. The Balaban J connectivity index is 2.13. The summed E-state index contributed by atoms with van der Waals surface area (Å²) in [5, 5.41) is 12.8. The van der Waals surface area contributed by atoms with Gasteiger partial charge in [0.2, 0.25) is 5.91 Å². The molecule has 2 unspecified atom stereocenters. The van der Waals surface area contributed by atoms with E-state index >= 15 is 0 Å². The van der Waals surface area contributed by atoms with E-state index in [1.807, 2.05) is 27.7 Å². The number of aliphatic hydroxyl groups is 1. The van der Waals surface area contributed by atoms with Crippen molar-refractivity contribution in [1.82, 2.24) is 5.32 Å². The molecule has 7 heteroatoms. The fourth-order valence-electron chi connectivity index (χ4n) is 5.85. The van der Waals surface area contributed by atoms with Crippen molar-refractivity contribution >= 4 is 13.8 Å². The van der Waals surface area contributed by atoms with E-state index in [2.05, 4.69) is 12.2 Å². The summed E-state index contributed by atoms with van der Waals surface area (Å²) in [5.74, 6) is 0.237. The number of nitrogens with one attached hydrogen (secondary N) is 1. The summed E-state index contributed by atoms with van der Waals surface area (Å²) >= 11 is 0. The Morgan fingerprint density at radius 3 is 1.95 bits per heavy atom. The van der Waals surface area contributed by atoms with Gasteiger partial charge < -0.3 is 24.6 Å². The lowest BCUT2D eigenvalue weighted by Gasteiger charge is -2.29. The molecule has 1 aliphatic rings. The molecule has 0 spiro atoms. The minimum Gasteiger partial charge on any atom is -0.394 e. The summed E-state index contributed by atoms with van der Waals surface area (Å²) in [7, 11) is 6.45. The first kappa shape index (κ1) is 38.4. The monoisotopic (exact) mass is 580 g/mol. The number of rotatable bonds is 27. The zero-order chi connectivity index (χ0) is 30.3. The zero-order valence-electron chi connectivity index (χ0n) is 27.5. The zero-order valence-corrected chi connectivity index (χ0v) is 27.5. The molecule has 1 fully saturated rings. The van der Waals surface area contributed by atoms with Gasteiger partial charge in [-0.1, -0.05) is 84.0 Å². The second-order valence-electron chi connectivity index (χ2n) is 13.0. The van der Waals surface area contributed by atoms with Gasteiger partial charge in [0, 0.05) is 18.9 Å². The first-order valence-corrected chi connectivity index (χ1v) is 17.3. The molecule has 41 heavy (non-hydrogen) atoms. The molecular weight excluding hydrogens is 513 g/mol. The molecule has 0 saturated heterocycles. The van der Waals surface area contributed by atoms with E-state index in [-0.39, 0.29) is 54.7 Å². The SMILES string of the molecule is [B][C@@H]1C[C@H](COC(C)C)C(OC(C)C)[C@@H]1OCCCCC(CO)NC(=O)CCCCCCCCCCCCCCC. The Hall–Kier alpha value is -0.625. The van der Waals surface area contributed by atoms with Crippen LogP contribution in [-0.4, -0.2) is 69.1 Å². The molecule has 1 rings (SSSR count). The molecule has 2 radical (unpaired) electrons. The number of aliphatic hydroxyl groups excluding tert-OH is 1. The van der Waals surface area contributed by atoms with Gasteiger partial charge in [0.15, 0.2) is 0 Å². The molecule has 0 bridgehead atoms. The third-order valence-electron chi connectivity index (χ3n) is 8.21. The third-order valence-corrected chi connectivity index (χ3v) is 8.21. The molecular formula is C34H66BNO5. The van der Waals surface area contributed by atoms with Crippen LogP contribution in [0.25, 0.3) is 0 Å². The highest BCUT2D eigenvalue weighted by molar-refractivity contribution is 6.12. The number of amides is 1. The van der Waals surface area contributed by atoms with E-state index in [9.17, 15) is 9.90 Å². The molecule has 0 aromatic carbocycles. The maximum absolute atomic E-state index is 12.4. The first-order chi connectivity index (χ1) is 19.8. The Labute approximate surface area is 255 Å². The summed E-state index contributed by atoms with van der Waals surface area (Å²) in [4.78, 5) is 12.4. The average molecular weight is 580 g/mol. The average Bonchev–Trinajstić information content (AvgIpc) is 3.22. The molecule has 0 aromatic rings. The van der Waals surface area contributed by atoms with Gasteiger partial charge in [-0.15, -0.1) is 0 Å². The maximum Gasteiger partial charge on any atom is 0.220 e. The van der Waals surface area contributed by atoms with Crippen LogP contribution in [0, 0.1) is 5.92 Å². The van der Waals surface area contributed by atoms with Crippen LogP contribution in [0.1, 0.15) is 150 Å². The number of hydrogen-bond donors (Lipinski definition) is 2. The molecule has 1 amide bonds. The highest BCUT2D eigenvalue weighted by atomic mass is 16.5. The smallest absolute Gasteiger partial charge is 0.220 e. The topological polar surface area (TPSA) is 77.0 Å². The number of carbonyl (C=O) groups is 1. The van der Waals surface area contributed by atoms with Crippen molar-refractivity contribution < 1.29 is 24.1 Å². The second kappa shape index (κ2) is 24.8. The molecule has 1 saturated carbocycles. The molecule has 240 valence electrons. The van der Waals surface area contributed by atoms with E-state index in [4.69, 9.17) is 22.1 Å². The fraction of sp³-hybridized carbons (Fsp3) is 0.971. The van der Waals surface area contributed by atoms with Crippen molar-refractivity contribution in [3.63, 3.8) is 0 Å². The van der Waals surface area contributed by atoms with Gasteiger partial charge >= 0.3 is 0 Å². The number of unbranched alkanes of at least 4 members (excludes halogenated alkanes) is 13. The summed E-state index contributed by atoms with van der Waals surface area (Å²) in [6, 6.07) is -0.187. The van der Waals surface area contributed by atoms with Gasteiger partial charge in [0.1, 0.15) is 0 Å². The van der Waals surface area contributed by atoms with Crippen molar-refractivity contribution in [1.29, 1.82) is 0 Å². The van der Waals surface area contributed by atoms with E-state index in [1.54, 1.807) is 0 Å². The normalized spacial score (nSPS) is 21.7. The molecule has 0 heterocycles. The van der Waals surface area contributed by atoms with E-state index < -0.39 is 0 Å². The van der Waals surface area contributed by atoms with Crippen molar-refractivity contribution in [3.8, 4) is 0 Å². The largest absolute Gasteiger partial charge is 0.394 e. The highest BCUT2D eigenvalue weighted by Crippen LogP contribution is 2.39. The molecule has 1 aliphatic carbocycles. The lowest BCUT2D eigenvalue weighted by atomic mass is 9.83. The van der Waals surface area contributed by atoms with Gasteiger partial charge in [-0.25, -0.2) is 0 Å². The summed E-state index contributed by atoms with van der Waals surface area (Å²) < 4.78 is 18.3. The second-order valence-corrected chi connectivity index (χ2v) is 13.0. The van der Waals surface area contributed by atoms with Gasteiger partial charge in [-0.2, -0.15) is 0 Å². The number of ether oxygens (including phenoxy) is 3. The van der Waals surface area contributed by atoms with Crippen LogP contribution >= 0.6 is 0 Å². The van der Waals surface area contributed by atoms with E-state index in [0.717, 1.165) is 38.5 Å². The highest BCUT2D eigenvalue weighted by Gasteiger charge is 2.42.